The van der Waals surface area contributed by atoms with Crippen LogP contribution in [0.25, 0.3) is 0 Å². The fraction of sp³-hybridized carbons (Fsp3) is 0.562. The first-order valence-electron chi connectivity index (χ1n) is 7.03. The van der Waals surface area contributed by atoms with Gasteiger partial charge in [-0.1, -0.05) is 19.9 Å². The zero-order chi connectivity index (χ0) is 14.8. The minimum absolute atomic E-state index is 0.00563. The van der Waals surface area contributed by atoms with Crippen LogP contribution in [0.15, 0.2) is 24.3 Å². The van der Waals surface area contributed by atoms with E-state index in [1.54, 1.807) is 19.2 Å². The molecule has 1 aromatic rings. The van der Waals surface area contributed by atoms with Crippen LogP contribution < -0.4 is 4.74 Å². The van der Waals surface area contributed by atoms with E-state index < -0.39 is 0 Å². The topological polar surface area (TPSA) is 49.8 Å². The van der Waals surface area contributed by atoms with Crippen molar-refractivity contribution in [3.8, 4) is 5.75 Å². The third-order valence-electron chi connectivity index (χ3n) is 3.74. The van der Waals surface area contributed by atoms with Crippen molar-refractivity contribution in [2.24, 2.45) is 5.41 Å². The highest BCUT2D eigenvalue weighted by Gasteiger charge is 2.31. The van der Waals surface area contributed by atoms with Crippen molar-refractivity contribution in [1.82, 2.24) is 4.90 Å². The summed E-state index contributed by atoms with van der Waals surface area (Å²) in [6.45, 7) is 5.45. The van der Waals surface area contributed by atoms with E-state index in [1.165, 1.54) is 0 Å². The van der Waals surface area contributed by atoms with Crippen LogP contribution in [0.4, 0.5) is 0 Å². The monoisotopic (exact) mass is 277 g/mol. The van der Waals surface area contributed by atoms with Gasteiger partial charge in [0.25, 0.3) is 5.91 Å². The molecule has 1 N–H and O–H groups in total. The van der Waals surface area contributed by atoms with E-state index in [2.05, 4.69) is 13.8 Å². The van der Waals surface area contributed by atoms with Crippen molar-refractivity contribution in [2.45, 2.75) is 32.8 Å². The van der Waals surface area contributed by atoms with Gasteiger partial charge in [0.1, 0.15) is 5.75 Å². The molecule has 4 nitrogen and oxygen atoms in total. The van der Waals surface area contributed by atoms with Gasteiger partial charge in [0, 0.05) is 18.7 Å². The number of hydrogen-bond donors (Lipinski definition) is 1. The van der Waals surface area contributed by atoms with E-state index >= 15 is 0 Å². The first-order chi connectivity index (χ1) is 9.41. The summed E-state index contributed by atoms with van der Waals surface area (Å²) in [5.41, 5.74) is 0.571. The summed E-state index contributed by atoms with van der Waals surface area (Å²) in [4.78, 5) is 14.4. The quantitative estimate of drug-likeness (QED) is 0.902. The number of benzene rings is 1. The van der Waals surface area contributed by atoms with Gasteiger partial charge < -0.3 is 14.7 Å². The molecule has 1 aliphatic heterocycles. The summed E-state index contributed by atoms with van der Waals surface area (Å²) in [6.07, 6.45) is 1.04. The molecule has 0 unspecified atom stereocenters. The van der Waals surface area contributed by atoms with Crippen LogP contribution in [0.1, 0.15) is 37.0 Å². The second-order valence-electron chi connectivity index (χ2n) is 6.27. The Kier molecular flexibility index (Phi) is 4.33. The number of carbonyl (C=O) groups is 1. The lowest BCUT2D eigenvalue weighted by Gasteiger charge is -2.29. The summed E-state index contributed by atoms with van der Waals surface area (Å²) in [7, 11) is 1.59. The van der Waals surface area contributed by atoms with Crippen LogP contribution in [0.2, 0.25) is 0 Å². The van der Waals surface area contributed by atoms with Crippen LogP contribution in [-0.4, -0.2) is 42.2 Å². The lowest BCUT2D eigenvalue weighted by atomic mass is 9.87. The van der Waals surface area contributed by atoms with Gasteiger partial charge in [-0.2, -0.15) is 0 Å². The normalized spacial score (nSPS) is 22.2. The average Bonchev–Trinajstić information content (AvgIpc) is 2.55. The standard InChI is InChI=1S/C16H23NO3/c1-16(2)10-13(18)7-8-17(11-16)15(19)12-5-4-6-14(9-12)20-3/h4-6,9,13,18H,7-8,10-11H2,1-3H3/t13-/m1/s1. The summed E-state index contributed by atoms with van der Waals surface area (Å²) in [6, 6.07) is 7.21. The Morgan fingerprint density at radius 1 is 1.45 bits per heavy atom. The molecule has 0 saturated carbocycles. The number of nitrogens with zero attached hydrogens (tertiary/aromatic N) is 1. The van der Waals surface area contributed by atoms with Crippen LogP contribution in [0.5, 0.6) is 5.75 Å². The Morgan fingerprint density at radius 3 is 2.90 bits per heavy atom. The minimum atomic E-state index is -0.326. The van der Waals surface area contributed by atoms with Gasteiger partial charge in [0.05, 0.1) is 13.2 Å². The maximum absolute atomic E-state index is 12.6. The van der Waals surface area contributed by atoms with Crippen LogP contribution in [0.3, 0.4) is 0 Å². The lowest BCUT2D eigenvalue weighted by molar-refractivity contribution is 0.0704. The van der Waals surface area contributed by atoms with Crippen LogP contribution >= 0.6 is 0 Å². The van der Waals surface area contributed by atoms with Crippen LogP contribution in [0, 0.1) is 5.41 Å². The summed E-state index contributed by atoms with van der Waals surface area (Å²) >= 11 is 0. The molecule has 1 fully saturated rings. The highest BCUT2D eigenvalue weighted by atomic mass is 16.5. The SMILES string of the molecule is COc1cccc(C(=O)N2CC[C@@H](O)CC(C)(C)C2)c1. The highest BCUT2D eigenvalue weighted by Crippen LogP contribution is 2.29. The van der Waals surface area contributed by atoms with Crippen LogP contribution in [-0.2, 0) is 0 Å². The third-order valence-corrected chi connectivity index (χ3v) is 3.74. The second-order valence-corrected chi connectivity index (χ2v) is 6.27. The van der Waals surface area contributed by atoms with Gasteiger partial charge >= 0.3 is 0 Å². The molecule has 1 aliphatic rings. The van der Waals surface area contributed by atoms with E-state index in [0.29, 0.717) is 30.8 Å². The van der Waals surface area contributed by atoms with Gasteiger partial charge in [0.2, 0.25) is 0 Å². The molecule has 0 radical (unpaired) electrons. The number of likely N-dealkylation sites (tertiary alicyclic amines) is 1. The number of aliphatic hydroxyl groups is 1. The molecule has 20 heavy (non-hydrogen) atoms. The minimum Gasteiger partial charge on any atom is -0.497 e. The Hall–Kier alpha value is -1.55. The van der Waals surface area contributed by atoms with E-state index in [9.17, 15) is 9.90 Å². The van der Waals surface area contributed by atoms with Gasteiger partial charge in [-0.3, -0.25) is 4.79 Å². The van der Waals surface area contributed by atoms with Crippen molar-refractivity contribution < 1.29 is 14.6 Å². The first kappa shape index (κ1) is 14.9. The van der Waals surface area contributed by atoms with Crippen molar-refractivity contribution in [1.29, 1.82) is 0 Å². The molecule has 1 amide bonds. The molecule has 4 heteroatoms. The molecule has 1 aromatic carbocycles. The maximum Gasteiger partial charge on any atom is 0.254 e. The number of carbonyl (C=O) groups excluding carboxylic acids is 1. The molecule has 0 spiro atoms. The Morgan fingerprint density at radius 2 is 2.20 bits per heavy atom. The lowest BCUT2D eigenvalue weighted by Crippen LogP contribution is -2.37. The molecule has 1 saturated heterocycles. The number of ether oxygens (including phenoxy) is 1. The Bertz CT molecular complexity index is 484. The van der Waals surface area contributed by atoms with E-state index in [-0.39, 0.29) is 17.4 Å². The van der Waals surface area contributed by atoms with Gasteiger partial charge in [0.15, 0.2) is 0 Å². The Balaban J connectivity index is 2.18. The van der Waals surface area contributed by atoms with Gasteiger partial charge in [-0.25, -0.2) is 0 Å². The molecule has 1 heterocycles. The van der Waals surface area contributed by atoms with Crippen molar-refractivity contribution in [2.75, 3.05) is 20.2 Å². The highest BCUT2D eigenvalue weighted by molar-refractivity contribution is 5.94. The number of amides is 1. The fourth-order valence-electron chi connectivity index (χ4n) is 2.82. The molecule has 110 valence electrons. The smallest absolute Gasteiger partial charge is 0.254 e. The average molecular weight is 277 g/mol. The summed E-state index contributed by atoms with van der Waals surface area (Å²) in [5, 5.41) is 9.92. The van der Waals surface area contributed by atoms with E-state index in [4.69, 9.17) is 4.74 Å². The molecule has 1 atom stereocenters. The summed E-state index contributed by atoms with van der Waals surface area (Å²) < 4.78 is 5.16. The largest absolute Gasteiger partial charge is 0.497 e. The molecule has 0 bridgehead atoms. The summed E-state index contributed by atoms with van der Waals surface area (Å²) in [5.74, 6) is 0.691. The van der Waals surface area contributed by atoms with E-state index in [1.807, 2.05) is 17.0 Å². The molecular weight excluding hydrogens is 254 g/mol. The maximum atomic E-state index is 12.6. The molecule has 2 rings (SSSR count). The number of hydrogen-bond acceptors (Lipinski definition) is 3. The third kappa shape index (κ3) is 3.51. The zero-order valence-corrected chi connectivity index (χ0v) is 12.4. The predicted molar refractivity (Wildman–Crippen MR) is 77.9 cm³/mol. The van der Waals surface area contributed by atoms with Crippen molar-refractivity contribution in [3.05, 3.63) is 29.8 Å². The number of aliphatic hydroxyl groups excluding tert-OH is 1. The number of methoxy groups -OCH3 is 1. The Labute approximate surface area is 120 Å². The zero-order valence-electron chi connectivity index (χ0n) is 12.4. The van der Waals surface area contributed by atoms with E-state index in [0.717, 1.165) is 6.42 Å². The van der Waals surface area contributed by atoms with Gasteiger partial charge in [-0.05, 0) is 36.5 Å². The predicted octanol–water partition coefficient (Wildman–Crippen LogP) is 2.32. The second kappa shape index (κ2) is 5.83. The molecule has 0 aliphatic carbocycles. The molecular formula is C16H23NO3. The van der Waals surface area contributed by atoms with Crippen molar-refractivity contribution in [3.63, 3.8) is 0 Å². The first-order valence-corrected chi connectivity index (χ1v) is 7.03. The van der Waals surface area contributed by atoms with Gasteiger partial charge in [-0.15, -0.1) is 0 Å². The fourth-order valence-corrected chi connectivity index (χ4v) is 2.82. The number of rotatable bonds is 2. The molecule has 0 aromatic heterocycles. The van der Waals surface area contributed by atoms with Crippen molar-refractivity contribution >= 4 is 5.91 Å².